The van der Waals surface area contributed by atoms with Crippen molar-refractivity contribution < 1.29 is 4.74 Å². The van der Waals surface area contributed by atoms with E-state index >= 15 is 0 Å². The molecule has 0 unspecified atom stereocenters. The lowest BCUT2D eigenvalue weighted by Crippen LogP contribution is -2.19. The van der Waals surface area contributed by atoms with Crippen LogP contribution in [0.1, 0.15) is 57.9 Å². The number of hydrogen-bond donors (Lipinski definition) is 0. The largest absolute Gasteiger partial charge is 0.493 e. The molecule has 1 saturated carbocycles. The monoisotopic (exact) mass is 337 g/mol. The second-order valence-electron chi connectivity index (χ2n) is 7.43. The zero-order valence-corrected chi connectivity index (χ0v) is 15.7. The van der Waals surface area contributed by atoms with E-state index in [1.165, 1.54) is 37.7 Å². The van der Waals surface area contributed by atoms with Crippen molar-refractivity contribution in [2.24, 2.45) is 11.8 Å². The van der Waals surface area contributed by atoms with Crippen LogP contribution >= 0.6 is 0 Å². The number of benzene rings is 1. The number of rotatable bonds is 7. The Labute approximate surface area is 152 Å². The van der Waals surface area contributed by atoms with Gasteiger partial charge in [-0.05, 0) is 67.0 Å². The Morgan fingerprint density at radius 1 is 0.920 bits per heavy atom. The number of aryl methyl sites for hydroxylation is 1. The average molecular weight is 338 g/mol. The summed E-state index contributed by atoms with van der Waals surface area (Å²) in [7, 11) is 0. The van der Waals surface area contributed by atoms with Gasteiger partial charge in [-0.1, -0.05) is 45.6 Å². The Morgan fingerprint density at radius 3 is 2.24 bits per heavy atom. The van der Waals surface area contributed by atoms with Gasteiger partial charge in [0.05, 0.1) is 12.3 Å². The van der Waals surface area contributed by atoms with Gasteiger partial charge in [-0.15, -0.1) is 0 Å². The van der Waals surface area contributed by atoms with Gasteiger partial charge in [-0.25, -0.2) is 0 Å². The molecule has 1 aromatic heterocycles. The minimum absolute atomic E-state index is 0.732. The van der Waals surface area contributed by atoms with Crippen LogP contribution in [0.3, 0.4) is 0 Å². The summed E-state index contributed by atoms with van der Waals surface area (Å²) in [5, 5.41) is 0. The minimum Gasteiger partial charge on any atom is -0.493 e. The van der Waals surface area contributed by atoms with Crippen LogP contribution < -0.4 is 4.74 Å². The zero-order valence-electron chi connectivity index (χ0n) is 15.7. The third-order valence-electron chi connectivity index (χ3n) is 5.54. The van der Waals surface area contributed by atoms with Crippen LogP contribution in [0.4, 0.5) is 0 Å². The van der Waals surface area contributed by atoms with Crippen molar-refractivity contribution in [1.29, 1.82) is 0 Å². The second kappa shape index (κ2) is 9.03. The normalized spacial score (nSPS) is 20.4. The Balaban J connectivity index is 1.52. The summed E-state index contributed by atoms with van der Waals surface area (Å²) < 4.78 is 6.04. The molecule has 0 spiro atoms. The van der Waals surface area contributed by atoms with Crippen molar-refractivity contribution in [3.05, 3.63) is 48.2 Å². The van der Waals surface area contributed by atoms with Crippen molar-refractivity contribution in [2.45, 2.75) is 58.8 Å². The molecule has 2 nitrogen and oxygen atoms in total. The molecule has 1 aliphatic rings. The summed E-state index contributed by atoms with van der Waals surface area (Å²) >= 11 is 0. The predicted molar refractivity (Wildman–Crippen MR) is 105 cm³/mol. The molecular formula is C23H31NO. The maximum absolute atomic E-state index is 6.04. The summed E-state index contributed by atoms with van der Waals surface area (Å²) in [6.07, 6.45) is 11.0. The maximum Gasteiger partial charge on any atom is 0.119 e. The first-order valence-electron chi connectivity index (χ1n) is 9.96. The first-order valence-corrected chi connectivity index (χ1v) is 9.96. The highest BCUT2D eigenvalue weighted by Crippen LogP contribution is 2.31. The fraction of sp³-hybridized carbons (Fsp3) is 0.522. The predicted octanol–water partition coefficient (Wildman–Crippen LogP) is 6.30. The molecule has 2 aromatic rings. The lowest BCUT2D eigenvalue weighted by atomic mass is 9.81. The Bertz CT molecular complexity index is 624. The van der Waals surface area contributed by atoms with Gasteiger partial charge in [0.25, 0.3) is 0 Å². The van der Waals surface area contributed by atoms with Crippen molar-refractivity contribution in [1.82, 2.24) is 4.98 Å². The molecule has 1 aromatic carbocycles. The molecule has 1 aliphatic carbocycles. The fourth-order valence-corrected chi connectivity index (χ4v) is 3.77. The molecular weight excluding hydrogens is 306 g/mol. The highest BCUT2D eigenvalue weighted by atomic mass is 16.5. The lowest BCUT2D eigenvalue weighted by Gasteiger charge is -2.27. The standard InChI is InChI=1S/C23H31NO/c1-3-5-19-10-15-23(24-16-19)21-11-13-22(14-12-21)25-17-20-8-6-18(4-2)7-9-20/h10-16,18,20H,3-9,17H2,1-2H3/t18-,20-. The van der Waals surface area contributed by atoms with Gasteiger partial charge in [0.1, 0.15) is 5.75 Å². The Kier molecular flexibility index (Phi) is 6.49. The van der Waals surface area contributed by atoms with E-state index in [4.69, 9.17) is 4.74 Å². The number of nitrogens with zero attached hydrogens (tertiary/aromatic N) is 1. The van der Waals surface area contributed by atoms with Crippen molar-refractivity contribution in [3.63, 3.8) is 0 Å². The third-order valence-corrected chi connectivity index (χ3v) is 5.54. The molecule has 134 valence electrons. The van der Waals surface area contributed by atoms with E-state index in [-0.39, 0.29) is 0 Å². The molecule has 0 amide bonds. The van der Waals surface area contributed by atoms with Gasteiger partial charge < -0.3 is 4.74 Å². The SMILES string of the molecule is CCCc1ccc(-c2ccc(OC[C@H]3CC[C@H](CC)CC3)cc2)nc1. The number of ether oxygens (including phenoxy) is 1. The molecule has 1 heterocycles. The molecule has 0 saturated heterocycles. The Morgan fingerprint density at radius 2 is 1.64 bits per heavy atom. The summed E-state index contributed by atoms with van der Waals surface area (Å²) in [5.74, 6) is 2.66. The number of hydrogen-bond acceptors (Lipinski definition) is 2. The fourth-order valence-electron chi connectivity index (χ4n) is 3.77. The van der Waals surface area contributed by atoms with Gasteiger partial charge >= 0.3 is 0 Å². The first kappa shape index (κ1) is 18.0. The lowest BCUT2D eigenvalue weighted by molar-refractivity contribution is 0.181. The highest BCUT2D eigenvalue weighted by molar-refractivity contribution is 5.60. The van der Waals surface area contributed by atoms with Gasteiger partial charge in [0.15, 0.2) is 0 Å². The highest BCUT2D eigenvalue weighted by Gasteiger charge is 2.20. The third kappa shape index (κ3) is 5.07. The summed E-state index contributed by atoms with van der Waals surface area (Å²) in [4.78, 5) is 4.59. The van der Waals surface area contributed by atoms with Crippen LogP contribution in [0.15, 0.2) is 42.6 Å². The van der Waals surface area contributed by atoms with Crippen LogP contribution in [-0.4, -0.2) is 11.6 Å². The van der Waals surface area contributed by atoms with E-state index in [9.17, 15) is 0 Å². The van der Waals surface area contributed by atoms with Crippen molar-refractivity contribution in [3.8, 4) is 17.0 Å². The van der Waals surface area contributed by atoms with E-state index in [1.54, 1.807) is 0 Å². The van der Waals surface area contributed by atoms with E-state index in [1.807, 2.05) is 6.20 Å². The number of pyridine rings is 1. The summed E-state index contributed by atoms with van der Waals surface area (Å²) in [5.41, 5.74) is 3.49. The molecule has 0 aliphatic heterocycles. The van der Waals surface area contributed by atoms with Crippen molar-refractivity contribution in [2.75, 3.05) is 6.61 Å². The average Bonchev–Trinajstić information content (AvgIpc) is 2.68. The first-order chi connectivity index (χ1) is 12.3. The molecule has 1 fully saturated rings. The molecule has 2 heteroatoms. The van der Waals surface area contributed by atoms with E-state index in [0.717, 1.165) is 48.3 Å². The van der Waals surface area contributed by atoms with Gasteiger partial charge in [0, 0.05) is 11.8 Å². The van der Waals surface area contributed by atoms with Crippen LogP contribution in [0.2, 0.25) is 0 Å². The smallest absolute Gasteiger partial charge is 0.119 e. The van der Waals surface area contributed by atoms with Gasteiger partial charge in [-0.3, -0.25) is 4.98 Å². The van der Waals surface area contributed by atoms with E-state index in [0.29, 0.717) is 0 Å². The molecule has 0 atom stereocenters. The summed E-state index contributed by atoms with van der Waals surface area (Å²) in [6.45, 7) is 5.37. The second-order valence-corrected chi connectivity index (χ2v) is 7.43. The molecule has 0 N–H and O–H groups in total. The van der Waals surface area contributed by atoms with Crippen LogP contribution in [-0.2, 0) is 6.42 Å². The van der Waals surface area contributed by atoms with E-state index < -0.39 is 0 Å². The summed E-state index contributed by atoms with van der Waals surface area (Å²) in [6, 6.07) is 12.7. The molecule has 3 rings (SSSR count). The molecule has 0 radical (unpaired) electrons. The van der Waals surface area contributed by atoms with E-state index in [2.05, 4.69) is 55.2 Å². The number of aromatic nitrogens is 1. The van der Waals surface area contributed by atoms with Crippen molar-refractivity contribution >= 4 is 0 Å². The van der Waals surface area contributed by atoms with Crippen LogP contribution in [0, 0.1) is 11.8 Å². The van der Waals surface area contributed by atoms with Crippen LogP contribution in [0.25, 0.3) is 11.3 Å². The molecule has 25 heavy (non-hydrogen) atoms. The maximum atomic E-state index is 6.04. The van der Waals surface area contributed by atoms with Gasteiger partial charge in [0.2, 0.25) is 0 Å². The Hall–Kier alpha value is -1.83. The van der Waals surface area contributed by atoms with Gasteiger partial charge in [-0.2, -0.15) is 0 Å². The quantitative estimate of drug-likeness (QED) is 0.592. The molecule has 0 bridgehead atoms. The topological polar surface area (TPSA) is 22.1 Å². The van der Waals surface area contributed by atoms with Crippen LogP contribution in [0.5, 0.6) is 5.75 Å². The minimum atomic E-state index is 0.732. The zero-order chi connectivity index (χ0) is 17.5.